The monoisotopic (exact) mass is 330 g/mol. The normalized spacial score (nSPS) is 19.3. The number of nitrogens with one attached hydrogen (secondary N) is 1. The Morgan fingerprint density at radius 3 is 2.96 bits per heavy atom. The van der Waals surface area contributed by atoms with Crippen LogP contribution in [0.25, 0.3) is 0 Å². The van der Waals surface area contributed by atoms with Crippen LogP contribution in [0.15, 0.2) is 24.3 Å². The second kappa shape index (κ2) is 8.29. The first-order valence-corrected chi connectivity index (χ1v) is 9.00. The predicted molar refractivity (Wildman–Crippen MR) is 93.0 cm³/mol. The van der Waals surface area contributed by atoms with Crippen molar-refractivity contribution in [3.05, 3.63) is 29.8 Å². The number of benzene rings is 1. The fourth-order valence-corrected chi connectivity index (χ4v) is 3.45. The van der Waals surface area contributed by atoms with E-state index in [1.807, 2.05) is 23.1 Å². The molecule has 2 heterocycles. The minimum absolute atomic E-state index is 0.0597. The van der Waals surface area contributed by atoms with Crippen molar-refractivity contribution in [1.29, 1.82) is 0 Å². The molecule has 0 saturated carbocycles. The van der Waals surface area contributed by atoms with E-state index in [4.69, 9.17) is 4.74 Å². The van der Waals surface area contributed by atoms with E-state index < -0.39 is 0 Å². The first kappa shape index (κ1) is 17.0. The molecule has 2 amide bonds. The molecule has 5 nitrogen and oxygen atoms in total. The third kappa shape index (κ3) is 4.35. The van der Waals surface area contributed by atoms with Gasteiger partial charge in [-0.3, -0.25) is 9.59 Å². The number of amides is 2. The molecule has 0 bridgehead atoms. The molecule has 1 N–H and O–H groups in total. The van der Waals surface area contributed by atoms with Crippen LogP contribution in [0.5, 0.6) is 0 Å². The molecule has 1 fully saturated rings. The van der Waals surface area contributed by atoms with Crippen LogP contribution in [0.1, 0.15) is 44.1 Å². The molecule has 5 heteroatoms. The van der Waals surface area contributed by atoms with Gasteiger partial charge < -0.3 is 15.0 Å². The highest BCUT2D eigenvalue weighted by Gasteiger charge is 2.23. The van der Waals surface area contributed by atoms with Gasteiger partial charge in [0.05, 0.1) is 6.10 Å². The molecule has 0 radical (unpaired) electrons. The average Bonchev–Trinajstić information content (AvgIpc) is 3.26. The molecule has 0 aromatic heterocycles. The van der Waals surface area contributed by atoms with Gasteiger partial charge in [0.2, 0.25) is 11.8 Å². The maximum absolute atomic E-state index is 12.3. The van der Waals surface area contributed by atoms with Crippen molar-refractivity contribution in [1.82, 2.24) is 5.32 Å². The number of carbonyl (C=O) groups excluding carboxylic acids is 2. The SMILES string of the molecule is O=C(CCC1CCCO1)NCCCC(=O)N1CCc2ccccc21. The third-order valence-electron chi connectivity index (χ3n) is 4.80. The van der Waals surface area contributed by atoms with Crippen LogP contribution < -0.4 is 10.2 Å². The molecule has 1 unspecified atom stereocenters. The van der Waals surface area contributed by atoms with E-state index in [2.05, 4.69) is 11.4 Å². The molecule has 0 spiro atoms. The Labute approximate surface area is 143 Å². The quantitative estimate of drug-likeness (QED) is 0.781. The molecule has 2 aliphatic rings. The molecule has 1 saturated heterocycles. The summed E-state index contributed by atoms with van der Waals surface area (Å²) in [6.45, 7) is 2.16. The van der Waals surface area contributed by atoms with Crippen LogP contribution in [0.2, 0.25) is 0 Å². The van der Waals surface area contributed by atoms with Gasteiger partial charge in [0.1, 0.15) is 0 Å². The summed E-state index contributed by atoms with van der Waals surface area (Å²) in [5, 5.41) is 2.91. The van der Waals surface area contributed by atoms with Crippen molar-refractivity contribution in [3.63, 3.8) is 0 Å². The number of hydrogen-bond acceptors (Lipinski definition) is 3. The van der Waals surface area contributed by atoms with Crippen molar-refractivity contribution in [2.24, 2.45) is 0 Å². The predicted octanol–water partition coefficient (Wildman–Crippen LogP) is 2.43. The van der Waals surface area contributed by atoms with Crippen molar-refractivity contribution in [2.75, 3.05) is 24.6 Å². The van der Waals surface area contributed by atoms with Crippen molar-refractivity contribution >= 4 is 17.5 Å². The van der Waals surface area contributed by atoms with E-state index in [1.54, 1.807) is 0 Å². The summed E-state index contributed by atoms with van der Waals surface area (Å²) in [6, 6.07) is 8.07. The van der Waals surface area contributed by atoms with E-state index in [1.165, 1.54) is 5.56 Å². The summed E-state index contributed by atoms with van der Waals surface area (Å²) in [6.07, 6.45) is 5.83. The summed E-state index contributed by atoms with van der Waals surface area (Å²) in [4.78, 5) is 26.0. The second-order valence-electron chi connectivity index (χ2n) is 6.55. The zero-order valence-electron chi connectivity index (χ0n) is 14.1. The Morgan fingerprint density at radius 2 is 2.12 bits per heavy atom. The molecule has 1 aromatic carbocycles. The lowest BCUT2D eigenvalue weighted by atomic mass is 10.1. The van der Waals surface area contributed by atoms with E-state index >= 15 is 0 Å². The van der Waals surface area contributed by atoms with Crippen molar-refractivity contribution in [3.8, 4) is 0 Å². The van der Waals surface area contributed by atoms with E-state index in [0.717, 1.165) is 44.5 Å². The van der Waals surface area contributed by atoms with Crippen molar-refractivity contribution < 1.29 is 14.3 Å². The summed E-state index contributed by atoms with van der Waals surface area (Å²) < 4.78 is 5.52. The highest BCUT2D eigenvalue weighted by atomic mass is 16.5. The third-order valence-corrected chi connectivity index (χ3v) is 4.80. The van der Waals surface area contributed by atoms with Gasteiger partial charge in [0, 0.05) is 38.2 Å². The van der Waals surface area contributed by atoms with Gasteiger partial charge in [-0.15, -0.1) is 0 Å². The first-order valence-electron chi connectivity index (χ1n) is 9.00. The fourth-order valence-electron chi connectivity index (χ4n) is 3.45. The molecule has 130 valence electrons. The Morgan fingerprint density at radius 1 is 1.25 bits per heavy atom. The zero-order chi connectivity index (χ0) is 16.8. The summed E-state index contributed by atoms with van der Waals surface area (Å²) in [7, 11) is 0. The largest absolute Gasteiger partial charge is 0.378 e. The summed E-state index contributed by atoms with van der Waals surface area (Å²) in [5.41, 5.74) is 2.29. The highest BCUT2D eigenvalue weighted by Crippen LogP contribution is 2.27. The van der Waals surface area contributed by atoms with Gasteiger partial charge >= 0.3 is 0 Å². The molecular weight excluding hydrogens is 304 g/mol. The number of anilines is 1. The van der Waals surface area contributed by atoms with Crippen molar-refractivity contribution in [2.45, 2.75) is 51.0 Å². The van der Waals surface area contributed by atoms with Crippen LogP contribution in [-0.2, 0) is 20.7 Å². The molecular formula is C19H26N2O3. The summed E-state index contributed by atoms with van der Waals surface area (Å²) in [5.74, 6) is 0.207. The van der Waals surface area contributed by atoms with E-state index in [9.17, 15) is 9.59 Å². The van der Waals surface area contributed by atoms with Gasteiger partial charge in [-0.1, -0.05) is 18.2 Å². The molecule has 24 heavy (non-hydrogen) atoms. The van der Waals surface area contributed by atoms with Gasteiger partial charge in [0.15, 0.2) is 0 Å². The molecule has 0 aliphatic carbocycles. The number of nitrogens with zero attached hydrogens (tertiary/aromatic N) is 1. The minimum atomic E-state index is 0.0597. The van der Waals surface area contributed by atoms with Crippen LogP contribution >= 0.6 is 0 Å². The van der Waals surface area contributed by atoms with Gasteiger partial charge in [-0.2, -0.15) is 0 Å². The lowest BCUT2D eigenvalue weighted by molar-refractivity contribution is -0.122. The van der Waals surface area contributed by atoms with Crippen LogP contribution in [0.3, 0.4) is 0 Å². The zero-order valence-corrected chi connectivity index (χ0v) is 14.1. The lowest BCUT2D eigenvalue weighted by Crippen LogP contribution is -2.30. The Hall–Kier alpha value is -1.88. The molecule has 2 aliphatic heterocycles. The first-order chi connectivity index (χ1) is 11.7. The lowest BCUT2D eigenvalue weighted by Gasteiger charge is -2.17. The summed E-state index contributed by atoms with van der Waals surface area (Å²) >= 11 is 0. The van der Waals surface area contributed by atoms with Gasteiger partial charge in [-0.05, 0) is 43.7 Å². The van der Waals surface area contributed by atoms with Crippen LogP contribution in [-0.4, -0.2) is 37.6 Å². The Bertz CT molecular complexity index is 582. The van der Waals surface area contributed by atoms with Gasteiger partial charge in [0.25, 0.3) is 0 Å². The van der Waals surface area contributed by atoms with Gasteiger partial charge in [-0.25, -0.2) is 0 Å². The molecule has 1 aromatic rings. The second-order valence-corrected chi connectivity index (χ2v) is 6.55. The Balaban J connectivity index is 1.32. The van der Waals surface area contributed by atoms with E-state index in [0.29, 0.717) is 25.8 Å². The molecule has 3 rings (SSSR count). The number of para-hydroxylation sites is 1. The Kier molecular flexibility index (Phi) is 5.86. The number of fused-ring (bicyclic) bond motifs is 1. The average molecular weight is 330 g/mol. The standard InChI is InChI=1S/C19H26N2O3/c22-18(10-9-16-6-4-14-24-16)20-12-3-8-19(23)21-13-11-15-5-1-2-7-17(15)21/h1-2,5,7,16H,3-4,6,8-14H2,(H,20,22). The minimum Gasteiger partial charge on any atom is -0.378 e. The number of ether oxygens (including phenoxy) is 1. The maximum atomic E-state index is 12.3. The number of carbonyl (C=O) groups is 2. The topological polar surface area (TPSA) is 58.6 Å². The van der Waals surface area contributed by atoms with E-state index in [-0.39, 0.29) is 17.9 Å². The van der Waals surface area contributed by atoms with Crippen LogP contribution in [0.4, 0.5) is 5.69 Å². The smallest absolute Gasteiger partial charge is 0.227 e. The van der Waals surface area contributed by atoms with Crippen LogP contribution in [0, 0.1) is 0 Å². The molecule has 1 atom stereocenters. The highest BCUT2D eigenvalue weighted by molar-refractivity contribution is 5.95. The number of hydrogen-bond donors (Lipinski definition) is 1. The number of rotatable bonds is 7. The maximum Gasteiger partial charge on any atom is 0.227 e. The fraction of sp³-hybridized carbons (Fsp3) is 0.579.